The third-order valence-corrected chi connectivity index (χ3v) is 8.30. The van der Waals surface area contributed by atoms with Crippen molar-refractivity contribution in [3.05, 3.63) is 118 Å². The van der Waals surface area contributed by atoms with E-state index in [0.717, 1.165) is 26.8 Å². The molecular formula is C32H22N2O6. The number of hydrogen-bond donors (Lipinski definition) is 0. The number of esters is 1. The summed E-state index contributed by atoms with van der Waals surface area (Å²) in [6.45, 7) is 1.63. The van der Waals surface area contributed by atoms with Crippen molar-refractivity contribution in [2.45, 2.75) is 12.8 Å². The molecular weight excluding hydrogens is 508 g/mol. The molecule has 196 valence electrons. The third kappa shape index (κ3) is 3.35. The molecule has 8 heteroatoms. The lowest BCUT2D eigenvalue weighted by Gasteiger charge is -2.38. The average molecular weight is 531 g/mol. The van der Waals surface area contributed by atoms with Gasteiger partial charge in [-0.2, -0.15) is 0 Å². The number of nitro groups is 1. The van der Waals surface area contributed by atoms with Crippen LogP contribution in [0.25, 0.3) is 16.3 Å². The summed E-state index contributed by atoms with van der Waals surface area (Å²) in [6.07, 6.45) is 1.96. The fourth-order valence-electron chi connectivity index (χ4n) is 6.57. The van der Waals surface area contributed by atoms with Crippen LogP contribution in [0.1, 0.15) is 22.6 Å². The topological polar surface area (TPSA) is 107 Å². The molecule has 2 aliphatic heterocycles. The number of benzene rings is 4. The van der Waals surface area contributed by atoms with Gasteiger partial charge in [-0.05, 0) is 46.5 Å². The molecule has 0 unspecified atom stereocenters. The van der Waals surface area contributed by atoms with Crippen LogP contribution < -0.4 is 9.64 Å². The van der Waals surface area contributed by atoms with E-state index in [1.54, 1.807) is 13.0 Å². The summed E-state index contributed by atoms with van der Waals surface area (Å²) < 4.78 is 5.81. The Hall–Kier alpha value is -5.11. The zero-order valence-electron chi connectivity index (χ0n) is 21.3. The molecule has 1 saturated heterocycles. The number of imide groups is 1. The van der Waals surface area contributed by atoms with E-state index in [1.165, 1.54) is 18.2 Å². The number of amides is 2. The smallest absolute Gasteiger partial charge is 0.319 e. The van der Waals surface area contributed by atoms with Gasteiger partial charge < -0.3 is 4.74 Å². The molecule has 0 radical (unpaired) electrons. The van der Waals surface area contributed by atoms with Crippen LogP contribution in [-0.4, -0.2) is 22.7 Å². The lowest BCUT2D eigenvalue weighted by Crippen LogP contribution is -2.42. The Balaban J connectivity index is 1.44. The lowest BCUT2D eigenvalue weighted by molar-refractivity contribution is -0.384. The minimum atomic E-state index is -0.994. The van der Waals surface area contributed by atoms with E-state index in [4.69, 9.17) is 4.74 Å². The maximum absolute atomic E-state index is 14.2. The number of carbonyl (C=O) groups is 3. The molecule has 40 heavy (non-hydrogen) atoms. The second-order valence-corrected chi connectivity index (χ2v) is 10.4. The van der Waals surface area contributed by atoms with Crippen molar-refractivity contribution in [3.63, 3.8) is 0 Å². The molecule has 0 saturated carbocycles. The molecule has 1 aliphatic carbocycles. The van der Waals surface area contributed by atoms with E-state index >= 15 is 0 Å². The van der Waals surface area contributed by atoms with Crippen molar-refractivity contribution in [3.8, 4) is 5.75 Å². The van der Waals surface area contributed by atoms with Gasteiger partial charge >= 0.3 is 5.97 Å². The molecule has 2 heterocycles. The van der Waals surface area contributed by atoms with Crippen LogP contribution in [0.3, 0.4) is 0 Å². The Morgan fingerprint density at radius 2 is 1.57 bits per heavy atom. The number of carbonyl (C=O) groups excluding carboxylic acids is 3. The first kappa shape index (κ1) is 24.0. The zero-order valence-corrected chi connectivity index (χ0v) is 21.3. The van der Waals surface area contributed by atoms with Crippen molar-refractivity contribution in [1.82, 2.24) is 0 Å². The summed E-state index contributed by atoms with van der Waals surface area (Å²) in [5.74, 6) is -4.38. The van der Waals surface area contributed by atoms with Gasteiger partial charge in [0, 0.05) is 23.6 Å². The first-order chi connectivity index (χ1) is 19.3. The Morgan fingerprint density at radius 3 is 2.33 bits per heavy atom. The van der Waals surface area contributed by atoms with Gasteiger partial charge in [-0.25, -0.2) is 4.90 Å². The highest BCUT2D eigenvalue weighted by Crippen LogP contribution is 2.56. The van der Waals surface area contributed by atoms with Crippen LogP contribution in [0.5, 0.6) is 5.75 Å². The second kappa shape index (κ2) is 8.71. The number of fused-ring (bicyclic) bond motifs is 7. The molecule has 4 atom stereocenters. The number of ether oxygens (including phenoxy) is 1. The minimum Gasteiger partial charge on any atom is -0.425 e. The van der Waals surface area contributed by atoms with E-state index in [2.05, 4.69) is 0 Å². The van der Waals surface area contributed by atoms with E-state index in [1.807, 2.05) is 66.7 Å². The fraction of sp³-hybridized carbons (Fsp3) is 0.156. The summed E-state index contributed by atoms with van der Waals surface area (Å²) in [5.41, 5.74) is 2.85. The SMILES string of the molecule is Cc1cc([N+](=O)[O-])ccc1N1C(=O)[C@@H]2[C@@H]3C(=O)Oc4ccc5ccccc5c4C3=C[C@H](c3ccccc3)[C@H]2C1=O. The average Bonchev–Trinajstić information content (AvgIpc) is 3.22. The number of allylic oxidation sites excluding steroid dienone is 1. The highest BCUT2D eigenvalue weighted by atomic mass is 16.6. The number of hydrogen-bond acceptors (Lipinski definition) is 6. The summed E-state index contributed by atoms with van der Waals surface area (Å²) in [6, 6.07) is 25.0. The quantitative estimate of drug-likeness (QED) is 0.113. The van der Waals surface area contributed by atoms with Crippen LogP contribution in [0.2, 0.25) is 0 Å². The Labute approximate surface area is 228 Å². The van der Waals surface area contributed by atoms with Crippen LogP contribution in [0.15, 0.2) is 91.0 Å². The number of nitro benzene ring substituents is 1. The first-order valence-corrected chi connectivity index (χ1v) is 13.0. The van der Waals surface area contributed by atoms with Crippen LogP contribution in [0.4, 0.5) is 11.4 Å². The number of rotatable bonds is 3. The number of anilines is 1. The number of aryl methyl sites for hydroxylation is 1. The first-order valence-electron chi connectivity index (χ1n) is 13.0. The highest BCUT2D eigenvalue weighted by Gasteiger charge is 2.60. The Kier molecular flexibility index (Phi) is 5.22. The second-order valence-electron chi connectivity index (χ2n) is 10.4. The zero-order chi connectivity index (χ0) is 27.7. The van der Waals surface area contributed by atoms with Crippen LogP contribution in [0, 0.1) is 34.8 Å². The van der Waals surface area contributed by atoms with Crippen molar-refractivity contribution in [1.29, 1.82) is 0 Å². The molecule has 4 aromatic rings. The van der Waals surface area contributed by atoms with Crippen molar-refractivity contribution in [2.75, 3.05) is 4.90 Å². The van der Waals surface area contributed by atoms with Gasteiger partial charge in [-0.1, -0.05) is 66.7 Å². The van der Waals surface area contributed by atoms with E-state index < -0.39 is 46.4 Å². The molecule has 7 rings (SSSR count). The lowest BCUT2D eigenvalue weighted by atomic mass is 9.64. The van der Waals surface area contributed by atoms with E-state index in [0.29, 0.717) is 16.9 Å². The molecule has 0 spiro atoms. The maximum atomic E-state index is 14.2. The largest absolute Gasteiger partial charge is 0.425 e. The molecule has 8 nitrogen and oxygen atoms in total. The number of non-ortho nitro benzene ring substituents is 1. The van der Waals surface area contributed by atoms with Crippen molar-refractivity contribution >= 4 is 45.5 Å². The van der Waals surface area contributed by atoms with Gasteiger partial charge in [0.05, 0.1) is 28.4 Å². The Morgan fingerprint density at radius 1 is 0.850 bits per heavy atom. The standard InChI is InChI=1S/C32H22N2O6/c1-17-15-20(34(38)39)12-13-24(17)33-30(35)27-22(18-7-3-2-4-8-18)16-23-26-21-10-6-5-9-19(21)11-14-25(26)40-32(37)28(23)29(27)31(33)36/h2-16,22,27-29H,1H3/t22-,27-,28-,29+/m1/s1. The molecule has 0 bridgehead atoms. The monoisotopic (exact) mass is 530 g/mol. The fourth-order valence-corrected chi connectivity index (χ4v) is 6.57. The van der Waals surface area contributed by atoms with Gasteiger partial charge in [0.25, 0.3) is 5.69 Å². The predicted molar refractivity (Wildman–Crippen MR) is 148 cm³/mol. The van der Waals surface area contributed by atoms with Gasteiger partial charge in [0.2, 0.25) is 11.8 Å². The maximum Gasteiger partial charge on any atom is 0.319 e. The molecule has 0 N–H and O–H groups in total. The molecule has 2 amide bonds. The normalized spacial score (nSPS) is 23.3. The molecule has 4 aromatic carbocycles. The molecule has 3 aliphatic rings. The van der Waals surface area contributed by atoms with E-state index in [-0.39, 0.29) is 11.4 Å². The summed E-state index contributed by atoms with van der Waals surface area (Å²) in [7, 11) is 0. The van der Waals surface area contributed by atoms with Gasteiger partial charge in [0.15, 0.2) is 0 Å². The molecule has 1 fully saturated rings. The highest BCUT2D eigenvalue weighted by molar-refractivity contribution is 6.25. The Bertz CT molecular complexity index is 1810. The van der Waals surface area contributed by atoms with Crippen LogP contribution >= 0.6 is 0 Å². The van der Waals surface area contributed by atoms with Gasteiger partial charge in [-0.15, -0.1) is 0 Å². The third-order valence-electron chi connectivity index (χ3n) is 8.30. The number of nitrogens with zero attached hydrogens (tertiary/aromatic N) is 2. The van der Waals surface area contributed by atoms with Crippen molar-refractivity contribution in [2.24, 2.45) is 17.8 Å². The predicted octanol–water partition coefficient (Wildman–Crippen LogP) is 5.58. The van der Waals surface area contributed by atoms with E-state index in [9.17, 15) is 24.5 Å². The summed E-state index contributed by atoms with van der Waals surface area (Å²) >= 11 is 0. The van der Waals surface area contributed by atoms with Crippen LogP contribution in [-0.2, 0) is 14.4 Å². The van der Waals surface area contributed by atoms with Gasteiger partial charge in [-0.3, -0.25) is 24.5 Å². The summed E-state index contributed by atoms with van der Waals surface area (Å²) in [4.78, 5) is 53.8. The molecule has 0 aromatic heterocycles. The minimum absolute atomic E-state index is 0.136. The summed E-state index contributed by atoms with van der Waals surface area (Å²) in [5, 5.41) is 13.2. The van der Waals surface area contributed by atoms with Gasteiger partial charge in [0.1, 0.15) is 5.75 Å². The van der Waals surface area contributed by atoms with Crippen molar-refractivity contribution < 1.29 is 24.0 Å².